The number of aryl methyl sites for hydroxylation is 1. The van der Waals surface area contributed by atoms with Crippen molar-refractivity contribution in [3.05, 3.63) is 59.2 Å². The highest BCUT2D eigenvalue weighted by Crippen LogP contribution is 2.22. The SMILES string of the molecule is Cc1ccccc1CN(C)c1ccc(C#N)c(N)c1. The van der Waals surface area contributed by atoms with E-state index in [1.807, 2.05) is 31.3 Å². The van der Waals surface area contributed by atoms with Gasteiger partial charge in [-0.2, -0.15) is 5.26 Å². The van der Waals surface area contributed by atoms with Gasteiger partial charge in [0.25, 0.3) is 0 Å². The quantitative estimate of drug-likeness (QED) is 0.853. The smallest absolute Gasteiger partial charge is 0.101 e. The third-order valence-corrected chi connectivity index (χ3v) is 3.27. The fourth-order valence-electron chi connectivity index (χ4n) is 2.02. The first-order valence-corrected chi connectivity index (χ1v) is 6.17. The van der Waals surface area contributed by atoms with Gasteiger partial charge >= 0.3 is 0 Å². The molecule has 0 heterocycles. The Hall–Kier alpha value is -2.47. The van der Waals surface area contributed by atoms with Crippen LogP contribution in [0, 0.1) is 18.3 Å². The lowest BCUT2D eigenvalue weighted by Crippen LogP contribution is -2.17. The van der Waals surface area contributed by atoms with E-state index in [4.69, 9.17) is 11.0 Å². The van der Waals surface area contributed by atoms with E-state index >= 15 is 0 Å². The third-order valence-electron chi connectivity index (χ3n) is 3.27. The molecule has 2 rings (SSSR count). The molecule has 0 spiro atoms. The molecule has 0 bridgehead atoms. The molecule has 3 heteroatoms. The monoisotopic (exact) mass is 251 g/mol. The first kappa shape index (κ1) is 13.0. The van der Waals surface area contributed by atoms with Crippen molar-refractivity contribution in [3.63, 3.8) is 0 Å². The Balaban J connectivity index is 2.21. The maximum absolute atomic E-state index is 8.88. The molecule has 0 radical (unpaired) electrons. The van der Waals surface area contributed by atoms with Crippen molar-refractivity contribution in [1.29, 1.82) is 5.26 Å². The highest BCUT2D eigenvalue weighted by Gasteiger charge is 2.06. The fraction of sp³-hybridized carbons (Fsp3) is 0.188. The summed E-state index contributed by atoms with van der Waals surface area (Å²) in [6.45, 7) is 2.92. The van der Waals surface area contributed by atoms with Crippen molar-refractivity contribution in [1.82, 2.24) is 0 Å². The molecule has 0 atom stereocenters. The molecule has 0 aliphatic carbocycles. The molecular weight excluding hydrogens is 234 g/mol. The van der Waals surface area contributed by atoms with Crippen molar-refractivity contribution in [2.45, 2.75) is 13.5 Å². The zero-order valence-corrected chi connectivity index (χ0v) is 11.2. The number of hydrogen-bond acceptors (Lipinski definition) is 3. The number of nitriles is 1. The van der Waals surface area contributed by atoms with Gasteiger partial charge in [0.05, 0.1) is 11.3 Å². The van der Waals surface area contributed by atoms with Gasteiger partial charge < -0.3 is 10.6 Å². The minimum absolute atomic E-state index is 0.521. The Bertz CT molecular complexity index is 626. The summed E-state index contributed by atoms with van der Waals surface area (Å²) >= 11 is 0. The van der Waals surface area contributed by atoms with Crippen LogP contribution in [-0.4, -0.2) is 7.05 Å². The lowest BCUT2D eigenvalue weighted by atomic mass is 10.1. The summed E-state index contributed by atoms with van der Waals surface area (Å²) in [4.78, 5) is 2.12. The normalized spacial score (nSPS) is 9.95. The predicted octanol–water partition coefficient (Wildman–Crippen LogP) is 3.09. The van der Waals surface area contributed by atoms with Crippen molar-refractivity contribution in [2.24, 2.45) is 0 Å². The zero-order chi connectivity index (χ0) is 13.8. The Morgan fingerprint density at radius 1 is 1.21 bits per heavy atom. The molecule has 2 N–H and O–H groups in total. The Morgan fingerprint density at radius 2 is 1.95 bits per heavy atom. The highest BCUT2D eigenvalue weighted by molar-refractivity contribution is 5.63. The molecule has 19 heavy (non-hydrogen) atoms. The lowest BCUT2D eigenvalue weighted by Gasteiger charge is -2.21. The minimum Gasteiger partial charge on any atom is -0.398 e. The van der Waals surface area contributed by atoms with E-state index in [0.29, 0.717) is 11.3 Å². The van der Waals surface area contributed by atoms with Crippen LogP contribution in [0.5, 0.6) is 0 Å². The van der Waals surface area contributed by atoms with E-state index in [1.165, 1.54) is 11.1 Å². The van der Waals surface area contributed by atoms with Crippen molar-refractivity contribution >= 4 is 11.4 Å². The van der Waals surface area contributed by atoms with Crippen LogP contribution >= 0.6 is 0 Å². The number of hydrogen-bond donors (Lipinski definition) is 1. The van der Waals surface area contributed by atoms with E-state index < -0.39 is 0 Å². The maximum atomic E-state index is 8.88. The van der Waals surface area contributed by atoms with Gasteiger partial charge in [-0.1, -0.05) is 24.3 Å². The number of nitrogens with zero attached hydrogens (tertiary/aromatic N) is 2. The van der Waals surface area contributed by atoms with Gasteiger partial charge in [-0.15, -0.1) is 0 Å². The number of benzene rings is 2. The van der Waals surface area contributed by atoms with Crippen LogP contribution in [0.3, 0.4) is 0 Å². The van der Waals surface area contributed by atoms with E-state index in [-0.39, 0.29) is 0 Å². The summed E-state index contributed by atoms with van der Waals surface area (Å²) in [5, 5.41) is 8.88. The second-order valence-corrected chi connectivity index (χ2v) is 4.67. The number of anilines is 2. The zero-order valence-electron chi connectivity index (χ0n) is 11.2. The van der Waals surface area contributed by atoms with E-state index in [1.54, 1.807) is 6.07 Å². The predicted molar refractivity (Wildman–Crippen MR) is 78.9 cm³/mol. The maximum Gasteiger partial charge on any atom is 0.101 e. The molecule has 0 aromatic heterocycles. The first-order valence-electron chi connectivity index (χ1n) is 6.17. The summed E-state index contributed by atoms with van der Waals surface area (Å²) in [6.07, 6.45) is 0. The summed E-state index contributed by atoms with van der Waals surface area (Å²) in [5.41, 5.74) is 10.5. The molecule has 0 fully saturated rings. The Kier molecular flexibility index (Phi) is 3.72. The van der Waals surface area contributed by atoms with Crippen LogP contribution in [0.15, 0.2) is 42.5 Å². The highest BCUT2D eigenvalue weighted by atomic mass is 15.1. The molecule has 0 aliphatic rings. The largest absolute Gasteiger partial charge is 0.398 e. The van der Waals surface area contributed by atoms with Crippen molar-refractivity contribution in [3.8, 4) is 6.07 Å². The topological polar surface area (TPSA) is 53.0 Å². The molecular formula is C16H17N3. The van der Waals surface area contributed by atoms with Gasteiger partial charge in [-0.05, 0) is 36.2 Å². The molecule has 0 saturated heterocycles. The molecule has 2 aromatic carbocycles. The summed E-state index contributed by atoms with van der Waals surface area (Å²) in [5.74, 6) is 0. The third kappa shape index (κ3) is 2.86. The van der Waals surface area contributed by atoms with Crippen LogP contribution < -0.4 is 10.6 Å². The summed E-state index contributed by atoms with van der Waals surface area (Å²) < 4.78 is 0. The summed E-state index contributed by atoms with van der Waals surface area (Å²) in [7, 11) is 2.02. The number of nitrogens with two attached hydrogens (primary N) is 1. The Morgan fingerprint density at radius 3 is 2.58 bits per heavy atom. The second-order valence-electron chi connectivity index (χ2n) is 4.67. The average molecular weight is 251 g/mol. The minimum atomic E-state index is 0.521. The molecule has 0 unspecified atom stereocenters. The van der Waals surface area contributed by atoms with Gasteiger partial charge in [0.2, 0.25) is 0 Å². The van der Waals surface area contributed by atoms with Gasteiger partial charge in [-0.25, -0.2) is 0 Å². The van der Waals surface area contributed by atoms with Crippen molar-refractivity contribution in [2.75, 3.05) is 17.7 Å². The van der Waals surface area contributed by atoms with Crippen LogP contribution in [0.4, 0.5) is 11.4 Å². The van der Waals surface area contributed by atoms with Gasteiger partial charge in [0.1, 0.15) is 6.07 Å². The standard InChI is InChI=1S/C16H17N3/c1-12-5-3-4-6-14(12)11-19(2)15-8-7-13(10-17)16(18)9-15/h3-9H,11,18H2,1-2H3. The van der Waals surface area contributed by atoms with Crippen LogP contribution in [0.2, 0.25) is 0 Å². The van der Waals surface area contributed by atoms with Crippen molar-refractivity contribution < 1.29 is 0 Å². The number of nitrogen functional groups attached to an aromatic ring is 1. The summed E-state index contributed by atoms with van der Waals surface area (Å²) in [6, 6.07) is 15.9. The molecule has 3 nitrogen and oxygen atoms in total. The molecule has 0 saturated carbocycles. The van der Waals surface area contributed by atoms with Crippen LogP contribution in [0.25, 0.3) is 0 Å². The van der Waals surface area contributed by atoms with Gasteiger partial charge in [-0.3, -0.25) is 0 Å². The number of rotatable bonds is 3. The molecule has 96 valence electrons. The first-order chi connectivity index (χ1) is 9.11. The fourth-order valence-corrected chi connectivity index (χ4v) is 2.02. The Labute approximate surface area is 113 Å². The van der Waals surface area contributed by atoms with E-state index in [2.05, 4.69) is 30.0 Å². The van der Waals surface area contributed by atoms with E-state index in [0.717, 1.165) is 12.2 Å². The van der Waals surface area contributed by atoms with E-state index in [9.17, 15) is 0 Å². The van der Waals surface area contributed by atoms with Gasteiger partial charge in [0, 0.05) is 19.3 Å². The molecule has 0 aliphatic heterocycles. The van der Waals surface area contributed by atoms with Crippen LogP contribution in [-0.2, 0) is 6.54 Å². The average Bonchev–Trinajstić information content (AvgIpc) is 2.41. The van der Waals surface area contributed by atoms with Crippen LogP contribution in [0.1, 0.15) is 16.7 Å². The lowest BCUT2D eigenvalue weighted by molar-refractivity contribution is 0.914. The van der Waals surface area contributed by atoms with Gasteiger partial charge in [0.15, 0.2) is 0 Å². The second kappa shape index (κ2) is 5.45. The molecule has 2 aromatic rings. The molecule has 0 amide bonds.